The number of ether oxygens (including phenoxy) is 1. The molecule has 0 amide bonds. The summed E-state index contributed by atoms with van der Waals surface area (Å²) < 4.78 is 5.98. The number of nitrogens with zero attached hydrogens (tertiary/aromatic N) is 1. The highest BCUT2D eigenvalue weighted by Crippen LogP contribution is 2.25. The number of rotatable bonds is 2. The third kappa shape index (κ3) is 2.26. The zero-order valence-corrected chi connectivity index (χ0v) is 9.73. The minimum absolute atomic E-state index is 0.319. The van der Waals surface area contributed by atoms with Gasteiger partial charge in [-0.1, -0.05) is 0 Å². The van der Waals surface area contributed by atoms with Gasteiger partial charge in [-0.2, -0.15) is 5.10 Å². The molecular formula is C13H17N3O. The summed E-state index contributed by atoms with van der Waals surface area (Å²) in [7, 11) is 0. The van der Waals surface area contributed by atoms with Gasteiger partial charge in [0.1, 0.15) is 5.75 Å². The van der Waals surface area contributed by atoms with Crippen molar-refractivity contribution in [2.45, 2.75) is 37.8 Å². The van der Waals surface area contributed by atoms with Crippen LogP contribution in [-0.4, -0.2) is 22.3 Å². The third-order valence-corrected chi connectivity index (χ3v) is 3.43. The zero-order valence-electron chi connectivity index (χ0n) is 9.73. The molecule has 4 heteroatoms. The maximum absolute atomic E-state index is 5.98. The first-order chi connectivity index (χ1) is 8.31. The van der Waals surface area contributed by atoms with Crippen LogP contribution in [0.25, 0.3) is 10.9 Å². The maximum atomic E-state index is 5.98. The van der Waals surface area contributed by atoms with Crippen molar-refractivity contribution in [1.82, 2.24) is 10.2 Å². The number of hydrogen-bond acceptors (Lipinski definition) is 3. The first-order valence-electron chi connectivity index (χ1n) is 6.16. The quantitative estimate of drug-likeness (QED) is 0.833. The van der Waals surface area contributed by atoms with Crippen molar-refractivity contribution < 1.29 is 4.74 Å². The highest BCUT2D eigenvalue weighted by Gasteiger charge is 2.19. The molecule has 0 saturated heterocycles. The average molecular weight is 231 g/mol. The largest absolute Gasteiger partial charge is 0.490 e. The molecule has 3 rings (SSSR count). The summed E-state index contributed by atoms with van der Waals surface area (Å²) in [5, 5.41) is 8.03. The van der Waals surface area contributed by atoms with Crippen molar-refractivity contribution >= 4 is 10.9 Å². The number of aromatic nitrogens is 2. The molecule has 2 aromatic rings. The second kappa shape index (κ2) is 4.37. The Morgan fingerprint density at radius 1 is 1.24 bits per heavy atom. The Labute approximate surface area is 100 Å². The molecule has 1 fully saturated rings. The Balaban J connectivity index is 1.71. The van der Waals surface area contributed by atoms with Crippen LogP contribution in [0, 0.1) is 0 Å². The molecule has 90 valence electrons. The smallest absolute Gasteiger partial charge is 0.120 e. The van der Waals surface area contributed by atoms with E-state index in [1.165, 1.54) is 0 Å². The highest BCUT2D eigenvalue weighted by molar-refractivity contribution is 5.79. The molecule has 4 nitrogen and oxygen atoms in total. The van der Waals surface area contributed by atoms with Crippen LogP contribution in [0.5, 0.6) is 5.75 Å². The Bertz CT molecular complexity index is 500. The van der Waals surface area contributed by atoms with Crippen LogP contribution in [0.1, 0.15) is 25.7 Å². The van der Waals surface area contributed by atoms with Crippen LogP contribution in [0.2, 0.25) is 0 Å². The molecule has 0 spiro atoms. The molecule has 1 heterocycles. The summed E-state index contributed by atoms with van der Waals surface area (Å²) in [6.45, 7) is 0. The van der Waals surface area contributed by atoms with Crippen molar-refractivity contribution in [2.24, 2.45) is 5.73 Å². The Morgan fingerprint density at radius 2 is 2.06 bits per heavy atom. The first kappa shape index (κ1) is 10.6. The molecule has 0 bridgehead atoms. The predicted octanol–water partition coefficient (Wildman–Crippen LogP) is 2.21. The lowest BCUT2D eigenvalue weighted by molar-refractivity contribution is 0.147. The summed E-state index contributed by atoms with van der Waals surface area (Å²) in [4.78, 5) is 0. The summed E-state index contributed by atoms with van der Waals surface area (Å²) in [6.07, 6.45) is 6.39. The minimum atomic E-state index is 0.319. The maximum Gasteiger partial charge on any atom is 0.120 e. The Hall–Kier alpha value is -1.55. The number of nitrogens with one attached hydrogen (secondary N) is 1. The van der Waals surface area contributed by atoms with Gasteiger partial charge in [0.15, 0.2) is 0 Å². The molecule has 1 aliphatic rings. The van der Waals surface area contributed by atoms with Gasteiger partial charge in [0.05, 0.1) is 17.8 Å². The van der Waals surface area contributed by atoms with Gasteiger partial charge in [-0.25, -0.2) is 0 Å². The number of aromatic amines is 1. The summed E-state index contributed by atoms with van der Waals surface area (Å²) in [5.41, 5.74) is 6.93. The number of hydrogen-bond donors (Lipinski definition) is 2. The predicted molar refractivity (Wildman–Crippen MR) is 67.0 cm³/mol. The molecular weight excluding hydrogens is 214 g/mol. The van der Waals surface area contributed by atoms with Crippen LogP contribution in [-0.2, 0) is 0 Å². The molecule has 3 N–H and O–H groups in total. The summed E-state index contributed by atoms with van der Waals surface area (Å²) in [6, 6.07) is 6.40. The van der Waals surface area contributed by atoms with Gasteiger partial charge < -0.3 is 10.5 Å². The van der Waals surface area contributed by atoms with E-state index in [9.17, 15) is 0 Å². The van der Waals surface area contributed by atoms with Gasteiger partial charge in [-0.05, 0) is 43.9 Å². The van der Waals surface area contributed by atoms with Gasteiger partial charge >= 0.3 is 0 Å². The second-order valence-electron chi connectivity index (χ2n) is 4.77. The van der Waals surface area contributed by atoms with Crippen molar-refractivity contribution in [3.05, 3.63) is 24.4 Å². The van der Waals surface area contributed by atoms with E-state index in [4.69, 9.17) is 10.5 Å². The Morgan fingerprint density at radius 3 is 2.88 bits per heavy atom. The lowest BCUT2D eigenvalue weighted by Gasteiger charge is -2.26. The van der Waals surface area contributed by atoms with E-state index in [-0.39, 0.29) is 0 Å². The molecule has 0 atom stereocenters. The molecule has 1 saturated carbocycles. The number of benzene rings is 1. The molecule has 17 heavy (non-hydrogen) atoms. The van der Waals surface area contributed by atoms with Gasteiger partial charge in [-0.3, -0.25) is 5.10 Å². The van der Waals surface area contributed by atoms with Crippen LogP contribution in [0.3, 0.4) is 0 Å². The van der Waals surface area contributed by atoms with E-state index >= 15 is 0 Å². The molecule has 1 aliphatic carbocycles. The fraction of sp³-hybridized carbons (Fsp3) is 0.462. The minimum Gasteiger partial charge on any atom is -0.490 e. The third-order valence-electron chi connectivity index (χ3n) is 3.43. The van der Waals surface area contributed by atoms with E-state index < -0.39 is 0 Å². The van der Waals surface area contributed by atoms with Crippen LogP contribution in [0.4, 0.5) is 0 Å². The molecule has 0 unspecified atom stereocenters. The van der Waals surface area contributed by atoms with E-state index in [2.05, 4.69) is 10.2 Å². The van der Waals surface area contributed by atoms with Gasteiger partial charge in [0.25, 0.3) is 0 Å². The zero-order chi connectivity index (χ0) is 11.7. The number of H-pyrrole nitrogens is 1. The monoisotopic (exact) mass is 231 g/mol. The summed E-state index contributed by atoms with van der Waals surface area (Å²) in [5.74, 6) is 0.930. The summed E-state index contributed by atoms with van der Waals surface area (Å²) >= 11 is 0. The van der Waals surface area contributed by atoms with Crippen molar-refractivity contribution in [2.75, 3.05) is 0 Å². The van der Waals surface area contributed by atoms with Crippen molar-refractivity contribution in [1.29, 1.82) is 0 Å². The van der Waals surface area contributed by atoms with Crippen LogP contribution < -0.4 is 10.5 Å². The van der Waals surface area contributed by atoms with Gasteiger partial charge in [-0.15, -0.1) is 0 Å². The molecule has 1 aromatic heterocycles. The molecule has 0 radical (unpaired) electrons. The fourth-order valence-electron chi connectivity index (χ4n) is 2.39. The lowest BCUT2D eigenvalue weighted by Crippen LogP contribution is -2.31. The average Bonchev–Trinajstić information content (AvgIpc) is 2.79. The standard InChI is InChI=1S/C13H17N3O/c14-10-1-3-11(4-2-10)17-12-5-6-13-9(7-12)8-15-16-13/h5-8,10-11H,1-4,14H2,(H,15,16)/t10-,11+. The van der Waals surface area contributed by atoms with Gasteiger partial charge in [0, 0.05) is 11.4 Å². The SMILES string of the molecule is N[C@H]1CC[C@@H](Oc2ccc3[nH]ncc3c2)CC1. The van der Waals surface area contributed by atoms with E-state index in [0.717, 1.165) is 42.3 Å². The second-order valence-corrected chi connectivity index (χ2v) is 4.77. The van der Waals surface area contributed by atoms with Crippen molar-refractivity contribution in [3.63, 3.8) is 0 Å². The molecule has 0 aliphatic heterocycles. The lowest BCUT2D eigenvalue weighted by atomic mass is 9.94. The Kier molecular flexibility index (Phi) is 2.73. The first-order valence-corrected chi connectivity index (χ1v) is 6.16. The number of nitrogens with two attached hydrogens (primary N) is 1. The normalized spacial score (nSPS) is 25.0. The topological polar surface area (TPSA) is 63.9 Å². The van der Waals surface area contributed by atoms with E-state index in [1.54, 1.807) is 0 Å². The molecule has 1 aromatic carbocycles. The van der Waals surface area contributed by atoms with E-state index in [1.807, 2.05) is 24.4 Å². The number of fused-ring (bicyclic) bond motifs is 1. The van der Waals surface area contributed by atoms with Crippen molar-refractivity contribution in [3.8, 4) is 5.75 Å². The van der Waals surface area contributed by atoms with E-state index in [0.29, 0.717) is 12.1 Å². The van der Waals surface area contributed by atoms with Gasteiger partial charge in [0.2, 0.25) is 0 Å². The highest BCUT2D eigenvalue weighted by atomic mass is 16.5. The van der Waals surface area contributed by atoms with Crippen LogP contribution >= 0.6 is 0 Å². The fourth-order valence-corrected chi connectivity index (χ4v) is 2.39. The van der Waals surface area contributed by atoms with Crippen LogP contribution in [0.15, 0.2) is 24.4 Å².